The van der Waals surface area contributed by atoms with Crippen molar-refractivity contribution in [1.29, 1.82) is 0 Å². The number of phenols is 7. The number of Topliss-reactive ketones (excluding diaryl/α,β-unsaturated/α-hetero) is 1. The quantitative estimate of drug-likeness (QED) is 0.141. The van der Waals surface area contributed by atoms with Crippen molar-refractivity contribution in [3.05, 3.63) is 94.3 Å². The van der Waals surface area contributed by atoms with Gasteiger partial charge in [0.25, 0.3) is 0 Å². The minimum Gasteiger partial charge on any atom is -0.508 e. The maximum atomic E-state index is 12.4. The summed E-state index contributed by atoms with van der Waals surface area (Å²) in [6.45, 7) is 0. The number of ether oxygens (including phenoxy) is 1. The average molecular weight is 574 g/mol. The Balaban J connectivity index is 0.000000169. The molecule has 8 N–H and O–H groups in total. The number of aliphatic hydroxyl groups is 1. The van der Waals surface area contributed by atoms with Gasteiger partial charge in [0.05, 0.1) is 5.56 Å². The Morgan fingerprint density at radius 1 is 0.643 bits per heavy atom. The third-order valence-electron chi connectivity index (χ3n) is 6.47. The zero-order valence-corrected chi connectivity index (χ0v) is 21.3. The molecule has 2 heterocycles. The van der Waals surface area contributed by atoms with Gasteiger partial charge < -0.3 is 50.0 Å². The predicted molar refractivity (Wildman–Crippen MR) is 146 cm³/mol. The van der Waals surface area contributed by atoms with Gasteiger partial charge in [0.2, 0.25) is 11.2 Å². The number of aromatic hydroxyl groups is 7. The molecule has 2 atom stereocenters. The Morgan fingerprint density at radius 2 is 1.31 bits per heavy atom. The first kappa shape index (κ1) is 27.7. The van der Waals surface area contributed by atoms with Crippen LogP contribution in [0.1, 0.15) is 22.0 Å². The van der Waals surface area contributed by atoms with Crippen LogP contribution in [0, 0.1) is 0 Å². The molecule has 0 bridgehead atoms. The van der Waals surface area contributed by atoms with E-state index in [4.69, 9.17) is 9.15 Å². The molecular formula is C30H22O12. The van der Waals surface area contributed by atoms with E-state index in [2.05, 4.69) is 0 Å². The third kappa shape index (κ3) is 5.05. The van der Waals surface area contributed by atoms with Gasteiger partial charge in [-0.25, -0.2) is 0 Å². The van der Waals surface area contributed by atoms with Crippen LogP contribution >= 0.6 is 0 Å². The fourth-order valence-electron chi connectivity index (χ4n) is 4.44. The Hall–Kier alpha value is -5.88. The summed E-state index contributed by atoms with van der Waals surface area (Å²) in [6, 6.07) is 14.2. The molecule has 1 aromatic heterocycles. The van der Waals surface area contributed by atoms with Gasteiger partial charge in [0.15, 0.2) is 23.7 Å². The first-order valence-electron chi connectivity index (χ1n) is 12.2. The van der Waals surface area contributed by atoms with Gasteiger partial charge in [-0.05, 0) is 35.4 Å². The number of hydrogen-bond acceptors (Lipinski definition) is 12. The summed E-state index contributed by atoms with van der Waals surface area (Å²) in [5, 5.41) is 76.5. The molecule has 1 aliphatic heterocycles. The van der Waals surface area contributed by atoms with Gasteiger partial charge in [-0.1, -0.05) is 18.2 Å². The number of fused-ring (bicyclic) bond motifs is 2. The molecule has 12 nitrogen and oxygen atoms in total. The van der Waals surface area contributed by atoms with Crippen LogP contribution in [0.4, 0.5) is 0 Å². The lowest BCUT2D eigenvalue weighted by molar-refractivity contribution is 0.0210. The molecule has 0 aliphatic carbocycles. The van der Waals surface area contributed by atoms with E-state index in [0.717, 1.165) is 24.3 Å². The van der Waals surface area contributed by atoms with Crippen molar-refractivity contribution >= 4 is 16.8 Å². The number of aliphatic hydroxyl groups excluding tert-OH is 1. The number of phenolic OH excluding ortho intramolecular Hbond substituents is 7. The summed E-state index contributed by atoms with van der Waals surface area (Å²) in [4.78, 5) is 24.6. The van der Waals surface area contributed by atoms with E-state index in [1.165, 1.54) is 36.6 Å². The Kier molecular flexibility index (Phi) is 6.98. The van der Waals surface area contributed by atoms with Crippen LogP contribution < -0.4 is 10.2 Å². The molecule has 5 aromatic rings. The lowest BCUT2D eigenvalue weighted by Gasteiger charge is -2.30. The summed E-state index contributed by atoms with van der Waals surface area (Å²) < 4.78 is 10.8. The largest absolute Gasteiger partial charge is 0.508 e. The topological polar surface area (TPSA) is 218 Å². The number of ketones is 1. The van der Waals surface area contributed by atoms with Crippen molar-refractivity contribution in [2.45, 2.75) is 12.2 Å². The van der Waals surface area contributed by atoms with Gasteiger partial charge >= 0.3 is 0 Å². The molecule has 0 amide bonds. The van der Waals surface area contributed by atoms with Crippen molar-refractivity contribution in [3.8, 4) is 57.1 Å². The van der Waals surface area contributed by atoms with E-state index in [1.54, 1.807) is 12.1 Å². The maximum Gasteiger partial charge on any atom is 0.204 e. The Morgan fingerprint density at radius 3 is 2.00 bits per heavy atom. The van der Waals surface area contributed by atoms with E-state index >= 15 is 0 Å². The molecule has 6 rings (SSSR count). The molecule has 0 saturated heterocycles. The molecule has 0 fully saturated rings. The highest BCUT2D eigenvalue weighted by Gasteiger charge is 2.39. The molecule has 0 unspecified atom stereocenters. The van der Waals surface area contributed by atoms with Crippen LogP contribution in [0.5, 0.6) is 46.0 Å². The molecule has 0 saturated carbocycles. The second kappa shape index (κ2) is 10.6. The number of rotatable bonds is 2. The average Bonchev–Trinajstić information content (AvgIpc) is 2.93. The van der Waals surface area contributed by atoms with Crippen molar-refractivity contribution in [2.75, 3.05) is 0 Å². The lowest BCUT2D eigenvalue weighted by atomic mass is 9.92. The van der Waals surface area contributed by atoms with Crippen molar-refractivity contribution in [1.82, 2.24) is 0 Å². The second-order valence-corrected chi connectivity index (χ2v) is 9.30. The highest BCUT2D eigenvalue weighted by molar-refractivity contribution is 6.05. The molecule has 4 aromatic carbocycles. The summed E-state index contributed by atoms with van der Waals surface area (Å²) >= 11 is 0. The fourth-order valence-corrected chi connectivity index (χ4v) is 4.44. The maximum absolute atomic E-state index is 12.4. The highest BCUT2D eigenvalue weighted by atomic mass is 16.5. The van der Waals surface area contributed by atoms with Gasteiger partial charge in [-0.15, -0.1) is 0 Å². The van der Waals surface area contributed by atoms with E-state index in [0.29, 0.717) is 5.56 Å². The van der Waals surface area contributed by atoms with Crippen molar-refractivity contribution < 1.29 is 54.8 Å². The first-order valence-corrected chi connectivity index (χ1v) is 12.2. The zero-order chi connectivity index (χ0) is 30.3. The van der Waals surface area contributed by atoms with Gasteiger partial charge in [-0.2, -0.15) is 0 Å². The van der Waals surface area contributed by atoms with Crippen LogP contribution in [0.15, 0.2) is 82.2 Å². The molecule has 214 valence electrons. The monoisotopic (exact) mass is 574 g/mol. The predicted octanol–water partition coefficient (Wildman–Crippen LogP) is 3.76. The molecular weight excluding hydrogens is 552 g/mol. The Bertz CT molecular complexity index is 1890. The van der Waals surface area contributed by atoms with Crippen LogP contribution in [0.2, 0.25) is 0 Å². The summed E-state index contributed by atoms with van der Waals surface area (Å²) in [7, 11) is 0. The minimum atomic E-state index is -1.60. The van der Waals surface area contributed by atoms with Crippen molar-refractivity contribution in [2.24, 2.45) is 0 Å². The molecule has 1 aliphatic rings. The van der Waals surface area contributed by atoms with E-state index in [9.17, 15) is 50.4 Å². The second-order valence-electron chi connectivity index (χ2n) is 9.30. The fraction of sp³-hybridized carbons (Fsp3) is 0.0667. The van der Waals surface area contributed by atoms with Crippen molar-refractivity contribution in [3.63, 3.8) is 0 Å². The Labute approximate surface area is 235 Å². The zero-order valence-electron chi connectivity index (χ0n) is 21.3. The number of carbonyl (C=O) groups is 1. The lowest BCUT2D eigenvalue weighted by Crippen LogP contribution is -2.36. The molecule has 12 heteroatoms. The molecule has 0 radical (unpaired) electrons. The standard InChI is InChI=1S/C15H12O7.C15H10O5/c16-7-4-10(19)12-11(5-7)22-15(14(21)13(12)20)6-1-2-8(17)9(18)3-6;16-9-3-1-8(2-4-9)11-7-20-13-6-10(17)5-12(18)14(13)15(11)19/h1-5,14-19,21H;1-7,16-18H/t14-,15+;/m0./s1. The van der Waals surface area contributed by atoms with Crippen LogP contribution in [-0.4, -0.2) is 52.7 Å². The number of hydrogen-bond donors (Lipinski definition) is 8. The van der Waals surface area contributed by atoms with Crippen LogP contribution in [-0.2, 0) is 0 Å². The molecule has 0 spiro atoms. The number of benzene rings is 4. The van der Waals surface area contributed by atoms with Gasteiger partial charge in [-0.3, -0.25) is 9.59 Å². The number of carbonyl (C=O) groups excluding carboxylic acids is 1. The smallest absolute Gasteiger partial charge is 0.204 e. The van der Waals surface area contributed by atoms with Gasteiger partial charge in [0, 0.05) is 24.3 Å². The SMILES string of the molecule is O=C1c2c(O)cc(O)cc2O[C@H](c2ccc(O)c(O)c2)[C@H]1O.O=c1c(-c2ccc(O)cc2)coc2cc(O)cc(O)c12. The van der Waals surface area contributed by atoms with Crippen LogP contribution in [0.3, 0.4) is 0 Å². The normalized spacial score (nSPS) is 15.8. The highest BCUT2D eigenvalue weighted by Crippen LogP contribution is 2.42. The summed E-state index contributed by atoms with van der Waals surface area (Å²) in [5.41, 5.74) is 0.558. The van der Waals surface area contributed by atoms with E-state index in [-0.39, 0.29) is 62.2 Å². The molecule has 42 heavy (non-hydrogen) atoms. The van der Waals surface area contributed by atoms with E-state index in [1.807, 2.05) is 0 Å². The van der Waals surface area contributed by atoms with Gasteiger partial charge in [0.1, 0.15) is 57.3 Å². The summed E-state index contributed by atoms with van der Waals surface area (Å²) in [5.74, 6) is -2.85. The minimum absolute atomic E-state index is 0.00775. The third-order valence-corrected chi connectivity index (χ3v) is 6.47. The first-order chi connectivity index (χ1) is 19.9. The van der Waals surface area contributed by atoms with E-state index < -0.39 is 34.9 Å². The van der Waals surface area contributed by atoms with Crippen LogP contribution in [0.25, 0.3) is 22.1 Å². The summed E-state index contributed by atoms with van der Waals surface area (Å²) in [6.07, 6.45) is -1.49.